The Hall–Kier alpha value is -3.16. The third-order valence-electron chi connectivity index (χ3n) is 2.86. The zero-order valence-electron chi connectivity index (χ0n) is 14.1. The van der Waals surface area contributed by atoms with E-state index in [-0.39, 0.29) is 12.5 Å². The molecule has 8 heteroatoms. The van der Waals surface area contributed by atoms with Gasteiger partial charge >= 0.3 is 5.97 Å². The lowest BCUT2D eigenvalue weighted by Gasteiger charge is -2.07. The Morgan fingerprint density at radius 3 is 2.28 bits per heavy atom. The van der Waals surface area contributed by atoms with Crippen molar-refractivity contribution in [2.75, 3.05) is 11.9 Å². The van der Waals surface area contributed by atoms with E-state index in [4.69, 9.17) is 0 Å². The molecule has 0 bridgehead atoms. The van der Waals surface area contributed by atoms with Crippen molar-refractivity contribution in [1.82, 2.24) is 10.9 Å². The summed E-state index contributed by atoms with van der Waals surface area (Å²) in [4.78, 5) is 45.9. The molecule has 0 unspecified atom stereocenters. The van der Waals surface area contributed by atoms with Crippen LogP contribution < -0.4 is 16.2 Å². The minimum Gasteiger partial charge on any atom is -0.463 e. The molecule has 0 saturated carbocycles. The van der Waals surface area contributed by atoms with Gasteiger partial charge in [0.1, 0.15) is 0 Å². The predicted octanol–water partition coefficient (Wildman–Crippen LogP) is 1.31. The second-order valence-corrected chi connectivity index (χ2v) is 4.90. The van der Waals surface area contributed by atoms with Gasteiger partial charge in [0.25, 0.3) is 11.8 Å². The largest absolute Gasteiger partial charge is 0.463 e. The van der Waals surface area contributed by atoms with Gasteiger partial charge in [-0.15, -0.1) is 0 Å². The van der Waals surface area contributed by atoms with Crippen LogP contribution in [0.1, 0.15) is 37.0 Å². The minimum absolute atomic E-state index is 0.0969. The smallest absolute Gasteiger partial charge is 0.330 e. The Morgan fingerprint density at radius 1 is 1.00 bits per heavy atom. The standard InChI is InChI=1S/C17H21N3O5/c1-3-5-14(21)18-13-8-6-12(7-9-13)17(24)20-19-15(22)10-11-16(23)25-4-2/h6-11H,3-5H2,1-2H3,(H,18,21)(H,19,22)(H,20,24). The first-order chi connectivity index (χ1) is 12.0. The Labute approximate surface area is 145 Å². The summed E-state index contributed by atoms with van der Waals surface area (Å²) in [6.45, 7) is 3.76. The second-order valence-electron chi connectivity index (χ2n) is 4.90. The van der Waals surface area contributed by atoms with Crippen LogP contribution in [0.25, 0.3) is 0 Å². The van der Waals surface area contributed by atoms with Crippen LogP contribution in [0.4, 0.5) is 5.69 Å². The molecule has 1 rings (SSSR count). The number of esters is 1. The lowest BCUT2D eigenvalue weighted by molar-refractivity contribution is -0.137. The van der Waals surface area contributed by atoms with Crippen molar-refractivity contribution in [3.05, 3.63) is 42.0 Å². The van der Waals surface area contributed by atoms with Gasteiger partial charge in [0.2, 0.25) is 5.91 Å². The fourth-order valence-electron chi connectivity index (χ4n) is 1.72. The van der Waals surface area contributed by atoms with Crippen molar-refractivity contribution < 1.29 is 23.9 Å². The Balaban J connectivity index is 2.48. The van der Waals surface area contributed by atoms with Gasteiger partial charge in [-0.25, -0.2) is 4.79 Å². The monoisotopic (exact) mass is 347 g/mol. The Kier molecular flexibility index (Phi) is 8.42. The molecular weight excluding hydrogens is 326 g/mol. The van der Waals surface area contributed by atoms with Crippen molar-refractivity contribution >= 4 is 29.4 Å². The molecule has 8 nitrogen and oxygen atoms in total. The first-order valence-corrected chi connectivity index (χ1v) is 7.81. The summed E-state index contributed by atoms with van der Waals surface area (Å²) in [6, 6.07) is 6.20. The average Bonchev–Trinajstić information content (AvgIpc) is 2.59. The molecule has 0 aliphatic carbocycles. The van der Waals surface area contributed by atoms with Crippen LogP contribution in [0, 0.1) is 0 Å². The molecule has 1 aromatic rings. The molecule has 0 spiro atoms. The lowest BCUT2D eigenvalue weighted by atomic mass is 10.2. The quantitative estimate of drug-likeness (QED) is 0.391. The number of hydrogen-bond donors (Lipinski definition) is 3. The van der Waals surface area contributed by atoms with Gasteiger partial charge < -0.3 is 10.1 Å². The summed E-state index contributed by atoms with van der Waals surface area (Å²) in [7, 11) is 0. The molecule has 134 valence electrons. The van der Waals surface area contributed by atoms with E-state index < -0.39 is 17.8 Å². The number of amides is 3. The molecule has 0 aliphatic rings. The fourth-order valence-corrected chi connectivity index (χ4v) is 1.72. The molecule has 0 heterocycles. The third kappa shape index (κ3) is 7.78. The number of anilines is 1. The lowest BCUT2D eigenvalue weighted by Crippen LogP contribution is -2.40. The molecule has 3 amide bonds. The molecule has 0 aromatic heterocycles. The number of hydrazine groups is 1. The van der Waals surface area contributed by atoms with E-state index in [0.29, 0.717) is 17.7 Å². The molecular formula is C17H21N3O5. The van der Waals surface area contributed by atoms with Crippen molar-refractivity contribution in [1.29, 1.82) is 0 Å². The van der Waals surface area contributed by atoms with Crippen LogP contribution in [-0.2, 0) is 19.1 Å². The van der Waals surface area contributed by atoms with Crippen LogP contribution in [0.15, 0.2) is 36.4 Å². The van der Waals surface area contributed by atoms with Crippen LogP contribution in [0.2, 0.25) is 0 Å². The van der Waals surface area contributed by atoms with Gasteiger partial charge in [-0.1, -0.05) is 6.92 Å². The van der Waals surface area contributed by atoms with E-state index in [1.165, 1.54) is 12.1 Å². The van der Waals surface area contributed by atoms with Gasteiger partial charge in [-0.3, -0.25) is 25.2 Å². The Morgan fingerprint density at radius 2 is 1.68 bits per heavy atom. The number of ether oxygens (including phenoxy) is 1. The highest BCUT2D eigenvalue weighted by molar-refractivity contribution is 5.99. The third-order valence-corrected chi connectivity index (χ3v) is 2.86. The summed E-state index contributed by atoms with van der Waals surface area (Å²) in [5, 5.41) is 2.70. The van der Waals surface area contributed by atoms with Crippen molar-refractivity contribution in [2.45, 2.75) is 26.7 Å². The SMILES string of the molecule is CCCC(=O)Nc1ccc(C(=O)NNC(=O)C=CC(=O)OCC)cc1. The molecule has 0 atom stereocenters. The van der Waals surface area contributed by atoms with E-state index >= 15 is 0 Å². The summed E-state index contributed by atoms with van der Waals surface area (Å²) >= 11 is 0. The maximum absolute atomic E-state index is 11.9. The van der Waals surface area contributed by atoms with Crippen LogP contribution in [-0.4, -0.2) is 30.3 Å². The van der Waals surface area contributed by atoms with Crippen LogP contribution in [0.5, 0.6) is 0 Å². The highest BCUT2D eigenvalue weighted by Crippen LogP contribution is 2.10. The van der Waals surface area contributed by atoms with Crippen LogP contribution >= 0.6 is 0 Å². The fraction of sp³-hybridized carbons (Fsp3) is 0.294. The molecule has 25 heavy (non-hydrogen) atoms. The zero-order chi connectivity index (χ0) is 18.7. The summed E-state index contributed by atoms with van der Waals surface area (Å²) in [5.41, 5.74) is 5.22. The van der Waals surface area contributed by atoms with E-state index in [1.807, 2.05) is 6.92 Å². The molecule has 0 saturated heterocycles. The van der Waals surface area contributed by atoms with E-state index in [0.717, 1.165) is 18.6 Å². The number of rotatable bonds is 7. The number of nitrogens with one attached hydrogen (secondary N) is 3. The normalized spacial score (nSPS) is 10.2. The topological polar surface area (TPSA) is 114 Å². The first-order valence-electron chi connectivity index (χ1n) is 7.81. The molecule has 1 aromatic carbocycles. The Bertz CT molecular complexity index is 653. The second kappa shape index (κ2) is 10.6. The predicted molar refractivity (Wildman–Crippen MR) is 91.4 cm³/mol. The molecule has 0 aliphatic heterocycles. The van der Waals surface area contributed by atoms with Crippen molar-refractivity contribution in [3.63, 3.8) is 0 Å². The first kappa shape index (κ1) is 19.9. The van der Waals surface area contributed by atoms with Gasteiger partial charge in [0.15, 0.2) is 0 Å². The van der Waals surface area contributed by atoms with Gasteiger partial charge in [-0.2, -0.15) is 0 Å². The minimum atomic E-state index is -0.676. The number of hydrogen-bond acceptors (Lipinski definition) is 5. The summed E-state index contributed by atoms with van der Waals surface area (Å²) in [6.07, 6.45) is 3.08. The summed E-state index contributed by atoms with van der Waals surface area (Å²) in [5.74, 6) is -1.96. The molecule has 0 fully saturated rings. The molecule has 3 N–H and O–H groups in total. The number of benzene rings is 1. The van der Waals surface area contributed by atoms with Gasteiger partial charge in [0.05, 0.1) is 6.61 Å². The van der Waals surface area contributed by atoms with Gasteiger partial charge in [-0.05, 0) is 37.6 Å². The van der Waals surface area contributed by atoms with Gasteiger partial charge in [0, 0.05) is 29.8 Å². The van der Waals surface area contributed by atoms with E-state index in [1.54, 1.807) is 19.1 Å². The van der Waals surface area contributed by atoms with Crippen molar-refractivity contribution in [3.8, 4) is 0 Å². The summed E-state index contributed by atoms with van der Waals surface area (Å²) < 4.78 is 4.62. The highest BCUT2D eigenvalue weighted by Gasteiger charge is 2.07. The highest BCUT2D eigenvalue weighted by atomic mass is 16.5. The maximum Gasteiger partial charge on any atom is 0.330 e. The maximum atomic E-state index is 11.9. The number of carbonyl (C=O) groups excluding carboxylic acids is 4. The zero-order valence-corrected chi connectivity index (χ0v) is 14.1. The van der Waals surface area contributed by atoms with E-state index in [9.17, 15) is 19.2 Å². The van der Waals surface area contributed by atoms with Crippen LogP contribution in [0.3, 0.4) is 0 Å². The van der Waals surface area contributed by atoms with Crippen molar-refractivity contribution in [2.24, 2.45) is 0 Å². The molecule has 0 radical (unpaired) electrons. The van der Waals surface area contributed by atoms with E-state index in [2.05, 4.69) is 20.9 Å². The average molecular weight is 347 g/mol. The number of carbonyl (C=O) groups is 4.